The Labute approximate surface area is 102 Å². The molecule has 0 radical (unpaired) electrons. The molecular formula is C14H20O3. The largest absolute Gasteiger partial charge is 0.361 e. The molecule has 0 bridgehead atoms. The molecule has 1 saturated heterocycles. The molecule has 1 aliphatic heterocycles. The molecule has 2 aliphatic rings. The highest BCUT2D eigenvalue weighted by molar-refractivity contribution is 5.98. The molecule has 17 heavy (non-hydrogen) atoms. The second-order valence-electron chi connectivity index (χ2n) is 6.14. The molecule has 0 unspecified atom stereocenters. The fourth-order valence-corrected chi connectivity index (χ4v) is 2.62. The first-order valence-corrected chi connectivity index (χ1v) is 6.12. The van der Waals surface area contributed by atoms with Crippen molar-refractivity contribution in [1.29, 1.82) is 0 Å². The van der Waals surface area contributed by atoms with Gasteiger partial charge in [0, 0.05) is 0 Å². The number of hydrogen-bond donors (Lipinski definition) is 0. The van der Waals surface area contributed by atoms with E-state index in [0.717, 1.165) is 12.8 Å². The Balaban J connectivity index is 2.37. The van der Waals surface area contributed by atoms with E-state index in [2.05, 4.69) is 13.8 Å². The van der Waals surface area contributed by atoms with E-state index in [1.54, 1.807) is 6.08 Å². The maximum Gasteiger partial charge on any atom is 0.177 e. The zero-order valence-electron chi connectivity index (χ0n) is 11.0. The van der Waals surface area contributed by atoms with Crippen LogP contribution < -0.4 is 0 Å². The first-order valence-electron chi connectivity index (χ1n) is 6.12. The van der Waals surface area contributed by atoms with Gasteiger partial charge in [-0.2, -0.15) is 0 Å². The van der Waals surface area contributed by atoms with Crippen LogP contribution in [-0.4, -0.2) is 23.8 Å². The molecule has 3 nitrogen and oxygen atoms in total. The zero-order chi connectivity index (χ0) is 12.9. The van der Waals surface area contributed by atoms with Crippen molar-refractivity contribution < 1.29 is 14.3 Å². The summed E-state index contributed by atoms with van der Waals surface area (Å²) in [6, 6.07) is 0. The van der Waals surface area contributed by atoms with Crippen LogP contribution >= 0.6 is 0 Å². The van der Waals surface area contributed by atoms with E-state index in [-0.39, 0.29) is 17.0 Å². The molecular weight excluding hydrogens is 216 g/mol. The lowest BCUT2D eigenvalue weighted by Gasteiger charge is -2.46. The molecule has 1 aliphatic carbocycles. The number of allylic oxidation sites excluding steroid dienone is 2. The fraction of sp³-hybridized carbons (Fsp3) is 0.714. The highest BCUT2D eigenvalue weighted by Crippen LogP contribution is 2.56. The van der Waals surface area contributed by atoms with Gasteiger partial charge in [0.2, 0.25) is 0 Å². The lowest BCUT2D eigenvalue weighted by atomic mass is 9.55. The average Bonchev–Trinajstić information content (AvgIpc) is 3.01. The third-order valence-corrected chi connectivity index (χ3v) is 4.59. The van der Waals surface area contributed by atoms with Gasteiger partial charge in [0.1, 0.15) is 0 Å². The third kappa shape index (κ3) is 1.77. The van der Waals surface area contributed by atoms with Crippen molar-refractivity contribution in [2.75, 3.05) is 6.61 Å². The van der Waals surface area contributed by atoms with Crippen LogP contribution in [0, 0.1) is 10.8 Å². The Morgan fingerprint density at radius 3 is 2.35 bits per heavy atom. The van der Waals surface area contributed by atoms with Crippen molar-refractivity contribution >= 4 is 11.6 Å². The number of ether oxygens (including phenoxy) is 1. The van der Waals surface area contributed by atoms with Crippen molar-refractivity contribution in [2.24, 2.45) is 10.8 Å². The molecule has 2 rings (SSSR count). The minimum atomic E-state index is -0.604. The highest BCUT2D eigenvalue weighted by Gasteiger charge is 2.64. The van der Waals surface area contributed by atoms with Gasteiger partial charge >= 0.3 is 0 Å². The minimum absolute atomic E-state index is 0.0221. The lowest BCUT2D eigenvalue weighted by Crippen LogP contribution is -2.52. The Morgan fingerprint density at radius 1 is 1.29 bits per heavy atom. The van der Waals surface area contributed by atoms with Crippen molar-refractivity contribution in [1.82, 2.24) is 0 Å². The predicted octanol–water partition coefficient (Wildman–Crippen LogP) is 2.30. The Kier molecular flexibility index (Phi) is 2.58. The molecule has 1 heterocycles. The molecule has 1 saturated carbocycles. The van der Waals surface area contributed by atoms with Gasteiger partial charge < -0.3 is 4.74 Å². The zero-order valence-corrected chi connectivity index (χ0v) is 11.0. The van der Waals surface area contributed by atoms with Crippen LogP contribution in [0.25, 0.3) is 0 Å². The van der Waals surface area contributed by atoms with Crippen LogP contribution in [0.15, 0.2) is 12.2 Å². The standard InChI is InChI=1S/C14H20O3/c1-10(15)5-6-13(4)11(16)14(9-17-14)8-7-12(13,2)3/h5-6H,7-9H2,1-4H3/b6-5-/t13-,14-/m1/s1. The van der Waals surface area contributed by atoms with Crippen LogP contribution in [0.5, 0.6) is 0 Å². The summed E-state index contributed by atoms with van der Waals surface area (Å²) in [7, 11) is 0. The molecule has 94 valence electrons. The van der Waals surface area contributed by atoms with Crippen LogP contribution in [0.2, 0.25) is 0 Å². The minimum Gasteiger partial charge on any atom is -0.361 e. The van der Waals surface area contributed by atoms with E-state index < -0.39 is 11.0 Å². The summed E-state index contributed by atoms with van der Waals surface area (Å²) in [5.41, 5.74) is -1.27. The number of rotatable bonds is 2. The van der Waals surface area contributed by atoms with Crippen molar-refractivity contribution in [3.05, 3.63) is 12.2 Å². The van der Waals surface area contributed by atoms with Crippen molar-refractivity contribution in [2.45, 2.75) is 46.1 Å². The van der Waals surface area contributed by atoms with E-state index in [1.165, 1.54) is 13.0 Å². The van der Waals surface area contributed by atoms with Crippen LogP contribution in [-0.2, 0) is 14.3 Å². The maximum absolute atomic E-state index is 12.6. The van der Waals surface area contributed by atoms with Gasteiger partial charge in [-0.05, 0) is 38.2 Å². The van der Waals surface area contributed by atoms with Crippen LogP contribution in [0.1, 0.15) is 40.5 Å². The average molecular weight is 236 g/mol. The van der Waals surface area contributed by atoms with Crippen molar-refractivity contribution in [3.8, 4) is 0 Å². The summed E-state index contributed by atoms with van der Waals surface area (Å²) >= 11 is 0. The van der Waals surface area contributed by atoms with Crippen LogP contribution in [0.3, 0.4) is 0 Å². The molecule has 0 aromatic carbocycles. The molecule has 2 fully saturated rings. The lowest BCUT2D eigenvalue weighted by molar-refractivity contribution is -0.141. The monoisotopic (exact) mass is 236 g/mol. The summed E-state index contributed by atoms with van der Waals surface area (Å²) in [5.74, 6) is 0.116. The maximum atomic E-state index is 12.6. The second-order valence-corrected chi connectivity index (χ2v) is 6.14. The topological polar surface area (TPSA) is 46.7 Å². The fourth-order valence-electron chi connectivity index (χ4n) is 2.62. The summed E-state index contributed by atoms with van der Waals surface area (Å²) in [6.45, 7) is 8.15. The first-order chi connectivity index (χ1) is 7.74. The SMILES string of the molecule is CC(=O)/C=C\[C@]1(C)C(=O)[C@@]2(CCC1(C)C)CO2. The molecule has 1 spiro atoms. The van der Waals surface area contributed by atoms with Crippen molar-refractivity contribution in [3.63, 3.8) is 0 Å². The van der Waals surface area contributed by atoms with E-state index in [4.69, 9.17) is 4.74 Å². The molecule has 0 N–H and O–H groups in total. The number of ketones is 2. The Hall–Kier alpha value is -0.960. The highest BCUT2D eigenvalue weighted by atomic mass is 16.6. The summed E-state index contributed by atoms with van der Waals surface area (Å²) in [6.07, 6.45) is 5.04. The molecule has 3 heteroatoms. The number of epoxide rings is 1. The van der Waals surface area contributed by atoms with E-state index in [0.29, 0.717) is 6.61 Å². The van der Waals surface area contributed by atoms with E-state index >= 15 is 0 Å². The van der Waals surface area contributed by atoms with Gasteiger partial charge in [-0.15, -0.1) is 0 Å². The quantitative estimate of drug-likeness (QED) is 0.546. The first kappa shape index (κ1) is 12.5. The number of carbonyl (C=O) groups is 2. The molecule has 0 amide bonds. The van der Waals surface area contributed by atoms with Gasteiger partial charge in [-0.25, -0.2) is 0 Å². The number of Topliss-reactive ketones (excluding diaryl/α,β-unsaturated/α-hetero) is 1. The summed E-state index contributed by atoms with van der Waals surface area (Å²) < 4.78 is 5.38. The van der Waals surface area contributed by atoms with E-state index in [1.807, 2.05) is 6.92 Å². The summed E-state index contributed by atoms with van der Waals surface area (Å²) in [4.78, 5) is 23.7. The van der Waals surface area contributed by atoms with Crippen LogP contribution in [0.4, 0.5) is 0 Å². The number of hydrogen-bond acceptors (Lipinski definition) is 3. The van der Waals surface area contributed by atoms with Gasteiger partial charge in [-0.3, -0.25) is 9.59 Å². The third-order valence-electron chi connectivity index (χ3n) is 4.59. The Bertz CT molecular complexity index is 402. The van der Waals surface area contributed by atoms with Gasteiger partial charge in [0.05, 0.1) is 12.0 Å². The van der Waals surface area contributed by atoms with Gasteiger partial charge in [0.25, 0.3) is 0 Å². The molecule has 0 aromatic heterocycles. The van der Waals surface area contributed by atoms with E-state index in [9.17, 15) is 9.59 Å². The normalized spacial score (nSPS) is 39.9. The molecule has 2 atom stereocenters. The second kappa shape index (κ2) is 3.52. The predicted molar refractivity (Wildman–Crippen MR) is 64.6 cm³/mol. The number of carbonyl (C=O) groups excluding carboxylic acids is 2. The summed E-state index contributed by atoms with van der Waals surface area (Å²) in [5, 5.41) is 0. The van der Waals surface area contributed by atoms with Gasteiger partial charge in [-0.1, -0.05) is 19.9 Å². The molecule has 0 aromatic rings. The smallest absolute Gasteiger partial charge is 0.177 e. The Morgan fingerprint density at radius 2 is 1.88 bits per heavy atom. The van der Waals surface area contributed by atoms with Gasteiger partial charge in [0.15, 0.2) is 17.2 Å².